The van der Waals surface area contributed by atoms with Crippen molar-refractivity contribution in [2.75, 3.05) is 5.32 Å². The highest BCUT2D eigenvalue weighted by Crippen LogP contribution is 2.39. The number of nitrogens with one attached hydrogen (secondary N) is 1. The first-order valence-corrected chi connectivity index (χ1v) is 8.30. The fraction of sp³-hybridized carbons (Fsp3) is 0.286. The topological polar surface area (TPSA) is 139 Å². The number of ether oxygens (including phenoxy) is 1. The van der Waals surface area contributed by atoms with Gasteiger partial charge in [0.15, 0.2) is 0 Å². The van der Waals surface area contributed by atoms with Crippen LogP contribution in [0.5, 0.6) is 0 Å². The van der Waals surface area contributed by atoms with Crippen molar-refractivity contribution in [2.24, 2.45) is 17.0 Å². The molecule has 0 aromatic heterocycles. The number of hydrogen-bond acceptors (Lipinski definition) is 6. The number of sulfonamides is 1. The van der Waals surface area contributed by atoms with Crippen molar-refractivity contribution in [2.45, 2.75) is 17.1 Å². The van der Waals surface area contributed by atoms with E-state index in [0.717, 1.165) is 0 Å². The summed E-state index contributed by atoms with van der Waals surface area (Å²) in [6.45, 7) is 0. The highest BCUT2D eigenvalue weighted by atomic mass is 32.2. The van der Waals surface area contributed by atoms with Gasteiger partial charge in [-0.2, -0.15) is 0 Å². The molecular formula is C14H13N2O6S-. The van der Waals surface area contributed by atoms with Crippen LogP contribution in [-0.2, 0) is 24.3 Å². The Morgan fingerprint density at radius 1 is 1.09 bits per heavy atom. The Kier molecular flexibility index (Phi) is 3.71. The molecule has 1 aromatic carbocycles. The highest BCUT2D eigenvalue weighted by Gasteiger charge is 2.50. The Bertz CT molecular complexity index is 786. The minimum Gasteiger partial charge on any atom is -0.550 e. The zero-order chi connectivity index (χ0) is 16.8. The Morgan fingerprint density at radius 3 is 2.17 bits per heavy atom. The van der Waals surface area contributed by atoms with Crippen molar-refractivity contribution in [1.82, 2.24) is 0 Å². The lowest BCUT2D eigenvalue weighted by molar-refractivity contribution is -0.313. The molecule has 2 heterocycles. The first-order chi connectivity index (χ1) is 10.8. The van der Waals surface area contributed by atoms with E-state index in [1.54, 1.807) is 12.2 Å². The number of primary sulfonamides is 1. The second kappa shape index (κ2) is 5.44. The lowest BCUT2D eigenvalue weighted by atomic mass is 9.82. The van der Waals surface area contributed by atoms with Gasteiger partial charge in [0.1, 0.15) is 0 Å². The van der Waals surface area contributed by atoms with Gasteiger partial charge in [0, 0.05) is 17.6 Å². The standard InChI is InChI=1S/C14H14N2O6S/c15-23(20,21)8-3-1-7(2-4-8)16-13(17)11-9-5-6-10(22-9)12(11)14(18)19/h1-6,9-12H,(H,16,17)(H,18,19)(H2,15,20,21)/p-1/t9-,10+,11+,12-/m0/s1. The second-order valence-electron chi connectivity index (χ2n) is 5.38. The lowest BCUT2D eigenvalue weighted by Gasteiger charge is -2.24. The van der Waals surface area contributed by atoms with E-state index in [1.807, 2.05) is 0 Å². The minimum atomic E-state index is -3.82. The molecule has 1 aromatic rings. The molecule has 3 rings (SSSR count). The van der Waals surface area contributed by atoms with Crippen molar-refractivity contribution < 1.29 is 27.9 Å². The largest absolute Gasteiger partial charge is 0.550 e. The molecule has 0 saturated carbocycles. The quantitative estimate of drug-likeness (QED) is 0.647. The first kappa shape index (κ1) is 15.7. The number of carbonyl (C=O) groups excluding carboxylic acids is 2. The van der Waals surface area contributed by atoms with Crippen LogP contribution in [0.1, 0.15) is 0 Å². The van der Waals surface area contributed by atoms with Crippen LogP contribution in [-0.4, -0.2) is 32.5 Å². The van der Waals surface area contributed by atoms with Gasteiger partial charge < -0.3 is 20.0 Å². The van der Waals surface area contributed by atoms with Gasteiger partial charge in [0.05, 0.1) is 23.0 Å². The van der Waals surface area contributed by atoms with E-state index in [2.05, 4.69) is 5.32 Å². The predicted octanol–water partition coefficient (Wildman–Crippen LogP) is -1.41. The lowest BCUT2D eigenvalue weighted by Crippen LogP contribution is -2.45. The van der Waals surface area contributed by atoms with Crippen LogP contribution in [0.3, 0.4) is 0 Å². The predicted molar refractivity (Wildman–Crippen MR) is 76.2 cm³/mol. The number of benzene rings is 1. The Balaban J connectivity index is 1.77. The summed E-state index contributed by atoms with van der Waals surface area (Å²) in [5.41, 5.74) is 0.325. The van der Waals surface area contributed by atoms with E-state index >= 15 is 0 Å². The number of carboxylic acid groups (broad SMARTS) is 1. The Morgan fingerprint density at radius 2 is 1.65 bits per heavy atom. The number of nitrogens with two attached hydrogens (primary N) is 1. The normalized spacial score (nSPS) is 28.7. The van der Waals surface area contributed by atoms with Crippen molar-refractivity contribution in [1.29, 1.82) is 0 Å². The molecule has 1 saturated heterocycles. The van der Waals surface area contributed by atoms with Crippen LogP contribution in [0.2, 0.25) is 0 Å². The Hall–Kier alpha value is -2.23. The Labute approximate surface area is 132 Å². The monoisotopic (exact) mass is 337 g/mol. The van der Waals surface area contributed by atoms with E-state index in [9.17, 15) is 23.1 Å². The fourth-order valence-electron chi connectivity index (χ4n) is 2.86. The molecule has 1 amide bonds. The molecule has 2 aliphatic rings. The van der Waals surface area contributed by atoms with Gasteiger partial charge in [-0.3, -0.25) is 4.79 Å². The summed E-state index contributed by atoms with van der Waals surface area (Å²) >= 11 is 0. The molecule has 3 N–H and O–H groups in total. The van der Waals surface area contributed by atoms with Gasteiger partial charge in [0.25, 0.3) is 0 Å². The maximum Gasteiger partial charge on any atom is 0.238 e. The maximum absolute atomic E-state index is 12.3. The molecule has 2 aliphatic heterocycles. The molecule has 9 heteroatoms. The van der Waals surface area contributed by atoms with E-state index in [4.69, 9.17) is 9.88 Å². The van der Waals surface area contributed by atoms with Gasteiger partial charge in [-0.05, 0) is 24.3 Å². The highest BCUT2D eigenvalue weighted by molar-refractivity contribution is 7.89. The zero-order valence-electron chi connectivity index (χ0n) is 11.7. The first-order valence-electron chi connectivity index (χ1n) is 6.76. The summed E-state index contributed by atoms with van der Waals surface area (Å²) in [4.78, 5) is 23.5. The van der Waals surface area contributed by atoms with Crippen molar-refractivity contribution in [3.63, 3.8) is 0 Å². The summed E-state index contributed by atoms with van der Waals surface area (Å²) in [6.07, 6.45) is 1.99. The summed E-state index contributed by atoms with van der Waals surface area (Å²) in [6, 6.07) is 5.24. The van der Waals surface area contributed by atoms with Crippen LogP contribution in [0, 0.1) is 11.8 Å². The second-order valence-corrected chi connectivity index (χ2v) is 6.94. The maximum atomic E-state index is 12.3. The number of anilines is 1. The van der Waals surface area contributed by atoms with Crippen LogP contribution in [0.4, 0.5) is 5.69 Å². The van der Waals surface area contributed by atoms with Crippen molar-refractivity contribution >= 4 is 27.6 Å². The summed E-state index contributed by atoms with van der Waals surface area (Å²) in [5.74, 6) is -3.81. The number of fused-ring (bicyclic) bond motifs is 2. The molecule has 8 nitrogen and oxygen atoms in total. The van der Waals surface area contributed by atoms with Crippen LogP contribution < -0.4 is 15.6 Å². The molecule has 122 valence electrons. The molecule has 2 bridgehead atoms. The number of carbonyl (C=O) groups is 2. The average molecular weight is 337 g/mol. The van der Waals surface area contributed by atoms with Gasteiger partial charge in [-0.15, -0.1) is 0 Å². The molecule has 4 atom stereocenters. The molecule has 23 heavy (non-hydrogen) atoms. The molecular weight excluding hydrogens is 324 g/mol. The minimum absolute atomic E-state index is 0.0886. The molecule has 0 radical (unpaired) electrons. The molecule has 1 fully saturated rings. The fourth-order valence-corrected chi connectivity index (χ4v) is 3.37. The van der Waals surface area contributed by atoms with E-state index in [1.165, 1.54) is 24.3 Å². The van der Waals surface area contributed by atoms with Crippen LogP contribution in [0.25, 0.3) is 0 Å². The third kappa shape index (κ3) is 2.85. The van der Waals surface area contributed by atoms with Gasteiger partial charge >= 0.3 is 0 Å². The summed E-state index contributed by atoms with van der Waals surface area (Å²) in [7, 11) is -3.82. The SMILES string of the molecule is NS(=O)(=O)c1ccc(NC(=O)[C@H]2[C@@H](C(=O)[O-])[C@H]3C=C[C@@H]2O3)cc1. The number of hydrogen-bond donors (Lipinski definition) is 2. The smallest absolute Gasteiger partial charge is 0.238 e. The summed E-state index contributed by atoms with van der Waals surface area (Å²) in [5, 5.41) is 18.8. The van der Waals surface area contributed by atoms with Crippen LogP contribution >= 0.6 is 0 Å². The van der Waals surface area contributed by atoms with Gasteiger partial charge in [-0.25, -0.2) is 13.6 Å². The van der Waals surface area contributed by atoms with E-state index < -0.39 is 45.9 Å². The molecule has 0 unspecified atom stereocenters. The van der Waals surface area contributed by atoms with Gasteiger partial charge in [-0.1, -0.05) is 12.2 Å². The molecule has 0 spiro atoms. The third-order valence-corrected chi connectivity index (χ3v) is 4.85. The summed E-state index contributed by atoms with van der Waals surface area (Å²) < 4.78 is 27.7. The average Bonchev–Trinajstić information content (AvgIpc) is 3.07. The number of rotatable bonds is 4. The van der Waals surface area contributed by atoms with E-state index in [-0.39, 0.29) is 4.90 Å². The number of aliphatic carboxylic acids is 1. The van der Waals surface area contributed by atoms with E-state index in [0.29, 0.717) is 5.69 Å². The van der Waals surface area contributed by atoms with Gasteiger partial charge in [0.2, 0.25) is 15.9 Å². The zero-order valence-corrected chi connectivity index (χ0v) is 12.5. The molecule has 0 aliphatic carbocycles. The van der Waals surface area contributed by atoms with Crippen molar-refractivity contribution in [3.8, 4) is 0 Å². The number of amides is 1. The third-order valence-electron chi connectivity index (χ3n) is 3.92. The van der Waals surface area contributed by atoms with Crippen LogP contribution in [0.15, 0.2) is 41.3 Å². The number of carboxylic acids is 1. The van der Waals surface area contributed by atoms with Crippen molar-refractivity contribution in [3.05, 3.63) is 36.4 Å².